The van der Waals surface area contributed by atoms with Gasteiger partial charge in [-0.1, -0.05) is 0 Å². The maximum atomic E-state index is 5.57. The van der Waals surface area contributed by atoms with Crippen LogP contribution in [0.25, 0.3) is 0 Å². The Labute approximate surface area is 72.1 Å². The monoisotopic (exact) mass is 173 g/mol. The standard InChI is InChI=1S/C8H15NOS/c1-2-7(6-11-5-1)8-9-3-4-10-8/h7-9H,1-6H2. The van der Waals surface area contributed by atoms with Crippen molar-refractivity contribution in [2.24, 2.45) is 5.92 Å². The van der Waals surface area contributed by atoms with Gasteiger partial charge in [-0.25, -0.2) is 0 Å². The summed E-state index contributed by atoms with van der Waals surface area (Å²) in [6, 6.07) is 0. The molecule has 3 heteroatoms. The van der Waals surface area contributed by atoms with Crippen molar-refractivity contribution in [3.8, 4) is 0 Å². The van der Waals surface area contributed by atoms with Gasteiger partial charge in [0.25, 0.3) is 0 Å². The van der Waals surface area contributed by atoms with E-state index >= 15 is 0 Å². The minimum Gasteiger partial charge on any atom is -0.362 e. The first-order valence-electron chi connectivity index (χ1n) is 4.39. The summed E-state index contributed by atoms with van der Waals surface area (Å²) in [6.07, 6.45) is 3.10. The van der Waals surface area contributed by atoms with Gasteiger partial charge in [0.1, 0.15) is 6.23 Å². The van der Waals surface area contributed by atoms with Gasteiger partial charge in [0.05, 0.1) is 6.61 Å². The van der Waals surface area contributed by atoms with E-state index in [2.05, 4.69) is 17.1 Å². The van der Waals surface area contributed by atoms with Gasteiger partial charge in [0.2, 0.25) is 0 Å². The molecule has 2 saturated heterocycles. The molecule has 2 rings (SSSR count). The Kier molecular flexibility index (Phi) is 2.72. The number of thioether (sulfide) groups is 1. The van der Waals surface area contributed by atoms with E-state index in [9.17, 15) is 0 Å². The van der Waals surface area contributed by atoms with E-state index < -0.39 is 0 Å². The molecule has 0 saturated carbocycles. The zero-order valence-electron chi connectivity index (χ0n) is 6.71. The van der Waals surface area contributed by atoms with Crippen LogP contribution in [0.15, 0.2) is 0 Å². The van der Waals surface area contributed by atoms with E-state index in [4.69, 9.17) is 4.74 Å². The molecule has 11 heavy (non-hydrogen) atoms. The lowest BCUT2D eigenvalue weighted by Gasteiger charge is -2.26. The molecular formula is C8H15NOS. The minimum atomic E-state index is 0.378. The van der Waals surface area contributed by atoms with Gasteiger partial charge in [0, 0.05) is 12.5 Å². The molecule has 2 aliphatic rings. The van der Waals surface area contributed by atoms with Gasteiger partial charge >= 0.3 is 0 Å². The van der Waals surface area contributed by atoms with Crippen molar-refractivity contribution in [2.75, 3.05) is 24.7 Å². The summed E-state index contributed by atoms with van der Waals surface area (Å²) in [6.45, 7) is 1.96. The Morgan fingerprint density at radius 3 is 3.09 bits per heavy atom. The van der Waals surface area contributed by atoms with Crippen LogP contribution in [0.4, 0.5) is 0 Å². The lowest BCUT2D eigenvalue weighted by atomic mass is 10.0. The van der Waals surface area contributed by atoms with Crippen molar-refractivity contribution >= 4 is 11.8 Å². The predicted octanol–water partition coefficient (Wildman–Crippen LogP) is 1.08. The fourth-order valence-corrected chi connectivity index (χ4v) is 2.93. The first-order valence-corrected chi connectivity index (χ1v) is 5.55. The van der Waals surface area contributed by atoms with Crippen LogP contribution < -0.4 is 5.32 Å². The molecule has 0 spiro atoms. The summed E-state index contributed by atoms with van der Waals surface area (Å²) in [5, 5.41) is 3.39. The largest absolute Gasteiger partial charge is 0.362 e. The molecule has 0 bridgehead atoms. The van der Waals surface area contributed by atoms with E-state index in [1.807, 2.05) is 0 Å². The average molecular weight is 173 g/mol. The Morgan fingerprint density at radius 2 is 2.45 bits per heavy atom. The molecule has 2 aliphatic heterocycles. The Bertz CT molecular complexity index is 119. The summed E-state index contributed by atoms with van der Waals surface area (Å²) in [5.74, 6) is 3.41. The van der Waals surface area contributed by atoms with Crippen LogP contribution >= 0.6 is 11.8 Å². The van der Waals surface area contributed by atoms with Gasteiger partial charge in [-0.15, -0.1) is 0 Å². The van der Waals surface area contributed by atoms with Crippen LogP contribution in [0.5, 0.6) is 0 Å². The number of rotatable bonds is 1. The number of hydrogen-bond donors (Lipinski definition) is 1. The molecule has 0 aromatic heterocycles. The summed E-state index contributed by atoms with van der Waals surface area (Å²) in [7, 11) is 0. The molecule has 0 aromatic carbocycles. The second-order valence-corrected chi connectivity index (χ2v) is 4.37. The third-order valence-electron chi connectivity index (χ3n) is 2.37. The highest BCUT2D eigenvalue weighted by molar-refractivity contribution is 7.99. The summed E-state index contributed by atoms with van der Waals surface area (Å²) in [5.41, 5.74) is 0. The third kappa shape index (κ3) is 1.89. The maximum absolute atomic E-state index is 5.57. The molecule has 0 aromatic rings. The molecule has 0 aliphatic carbocycles. The highest BCUT2D eigenvalue weighted by atomic mass is 32.2. The number of nitrogens with one attached hydrogen (secondary N) is 1. The minimum absolute atomic E-state index is 0.378. The van der Waals surface area contributed by atoms with E-state index in [-0.39, 0.29) is 0 Å². The fourth-order valence-electron chi connectivity index (χ4n) is 1.75. The van der Waals surface area contributed by atoms with Gasteiger partial charge < -0.3 is 4.74 Å². The maximum Gasteiger partial charge on any atom is 0.111 e. The van der Waals surface area contributed by atoms with Crippen LogP contribution in [0.1, 0.15) is 12.8 Å². The predicted molar refractivity (Wildman–Crippen MR) is 47.8 cm³/mol. The highest BCUT2D eigenvalue weighted by Crippen LogP contribution is 2.26. The second-order valence-electron chi connectivity index (χ2n) is 3.22. The van der Waals surface area contributed by atoms with E-state index in [1.165, 1.54) is 24.3 Å². The third-order valence-corrected chi connectivity index (χ3v) is 3.61. The average Bonchev–Trinajstić information content (AvgIpc) is 2.58. The van der Waals surface area contributed by atoms with Crippen LogP contribution in [0, 0.1) is 5.92 Å². The van der Waals surface area contributed by atoms with Crippen molar-refractivity contribution < 1.29 is 4.74 Å². The Morgan fingerprint density at radius 1 is 1.45 bits per heavy atom. The van der Waals surface area contributed by atoms with Crippen molar-refractivity contribution in [1.82, 2.24) is 5.32 Å². The highest BCUT2D eigenvalue weighted by Gasteiger charge is 2.26. The smallest absolute Gasteiger partial charge is 0.111 e. The van der Waals surface area contributed by atoms with E-state index in [0.29, 0.717) is 6.23 Å². The van der Waals surface area contributed by atoms with Gasteiger partial charge in [-0.2, -0.15) is 11.8 Å². The van der Waals surface area contributed by atoms with Crippen molar-refractivity contribution in [1.29, 1.82) is 0 Å². The molecule has 2 unspecified atom stereocenters. The number of hydrogen-bond acceptors (Lipinski definition) is 3. The molecule has 2 atom stereocenters. The van der Waals surface area contributed by atoms with Crippen LogP contribution in [0.3, 0.4) is 0 Å². The molecule has 2 fully saturated rings. The summed E-state index contributed by atoms with van der Waals surface area (Å²) >= 11 is 2.07. The SMILES string of the molecule is C1CSCC(C2NCCO2)C1. The summed E-state index contributed by atoms with van der Waals surface area (Å²) in [4.78, 5) is 0. The zero-order valence-corrected chi connectivity index (χ0v) is 7.53. The lowest BCUT2D eigenvalue weighted by Crippen LogP contribution is -2.34. The molecule has 0 amide bonds. The van der Waals surface area contributed by atoms with Crippen LogP contribution in [0.2, 0.25) is 0 Å². The van der Waals surface area contributed by atoms with E-state index in [1.54, 1.807) is 0 Å². The lowest BCUT2D eigenvalue weighted by molar-refractivity contribution is 0.0560. The Hall–Kier alpha value is 0.270. The van der Waals surface area contributed by atoms with Crippen LogP contribution in [-0.4, -0.2) is 30.9 Å². The van der Waals surface area contributed by atoms with Gasteiger partial charge in [-0.05, 0) is 24.3 Å². The molecule has 1 N–H and O–H groups in total. The first-order chi connectivity index (χ1) is 5.47. The van der Waals surface area contributed by atoms with E-state index in [0.717, 1.165) is 19.1 Å². The normalized spacial score (nSPS) is 39.3. The zero-order chi connectivity index (χ0) is 7.52. The van der Waals surface area contributed by atoms with Crippen molar-refractivity contribution in [3.05, 3.63) is 0 Å². The molecular weight excluding hydrogens is 158 g/mol. The van der Waals surface area contributed by atoms with Gasteiger partial charge in [-0.3, -0.25) is 5.32 Å². The van der Waals surface area contributed by atoms with Crippen molar-refractivity contribution in [3.63, 3.8) is 0 Å². The number of ether oxygens (including phenoxy) is 1. The topological polar surface area (TPSA) is 21.3 Å². The quantitative estimate of drug-likeness (QED) is 0.641. The van der Waals surface area contributed by atoms with Crippen LogP contribution in [-0.2, 0) is 4.74 Å². The fraction of sp³-hybridized carbons (Fsp3) is 1.00. The molecule has 64 valence electrons. The first kappa shape index (κ1) is 7.90. The van der Waals surface area contributed by atoms with Gasteiger partial charge in [0.15, 0.2) is 0 Å². The summed E-state index contributed by atoms with van der Waals surface area (Å²) < 4.78 is 5.57. The van der Waals surface area contributed by atoms with Crippen molar-refractivity contribution in [2.45, 2.75) is 19.1 Å². The second kappa shape index (κ2) is 3.78. The molecule has 2 heterocycles. The molecule has 2 nitrogen and oxygen atoms in total. The molecule has 0 radical (unpaired) electrons. The Balaban J connectivity index is 1.82.